The monoisotopic (exact) mass is 576 g/mol. The number of carboxylic acids is 1. The largest absolute Gasteiger partial charge is 0.480 e. The van der Waals surface area contributed by atoms with E-state index in [2.05, 4.69) is 10.6 Å². The van der Waals surface area contributed by atoms with Crippen LogP contribution < -0.4 is 10.6 Å². The van der Waals surface area contributed by atoms with Gasteiger partial charge in [-0.3, -0.25) is 9.59 Å². The molecule has 0 aliphatic rings. The molecule has 0 saturated heterocycles. The van der Waals surface area contributed by atoms with Gasteiger partial charge in [-0.2, -0.15) is 13.2 Å². The van der Waals surface area contributed by atoms with Gasteiger partial charge in [0.2, 0.25) is 0 Å². The lowest BCUT2D eigenvalue weighted by Gasteiger charge is -2.17. The van der Waals surface area contributed by atoms with Crippen molar-refractivity contribution in [1.82, 2.24) is 10.6 Å². The van der Waals surface area contributed by atoms with Gasteiger partial charge in [0.25, 0.3) is 11.8 Å². The number of amides is 2. The standard InChI is InChI=1S/C32H24F4N2O4/c33-26-16-8-21(9-17-26)19-28(31(41)42)38-30(40)27(37-29(39)24-12-14-25(15-13-24)32(34,35)36)18-20-6-10-23(11-7-20)22-4-2-1-3-5-22/h1-18,28H,19H2,(H,37,39)(H,38,40)(H,41,42). The molecular weight excluding hydrogens is 552 g/mol. The van der Waals surface area contributed by atoms with Crippen LogP contribution in [0.25, 0.3) is 17.2 Å². The smallest absolute Gasteiger partial charge is 0.416 e. The van der Waals surface area contributed by atoms with Crippen LogP contribution in [0.15, 0.2) is 109 Å². The highest BCUT2D eigenvalue weighted by Gasteiger charge is 2.30. The van der Waals surface area contributed by atoms with E-state index in [0.717, 1.165) is 47.5 Å². The summed E-state index contributed by atoms with van der Waals surface area (Å²) in [5.41, 5.74) is 1.33. The lowest BCUT2D eigenvalue weighted by atomic mass is 10.0. The third kappa shape index (κ3) is 7.91. The number of aliphatic carboxylic acids is 1. The molecule has 4 aromatic carbocycles. The highest BCUT2D eigenvalue weighted by Crippen LogP contribution is 2.29. The molecule has 0 aliphatic heterocycles. The summed E-state index contributed by atoms with van der Waals surface area (Å²) in [5.74, 6) is -3.70. The molecule has 214 valence electrons. The fraction of sp³-hybridized carbons (Fsp3) is 0.0938. The van der Waals surface area contributed by atoms with Gasteiger partial charge in [0.15, 0.2) is 0 Å². The van der Waals surface area contributed by atoms with Gasteiger partial charge < -0.3 is 15.7 Å². The van der Waals surface area contributed by atoms with Crippen LogP contribution in [-0.4, -0.2) is 28.9 Å². The molecular formula is C32H24F4N2O4. The number of carboxylic acid groups (broad SMARTS) is 1. The average Bonchev–Trinajstić information content (AvgIpc) is 2.98. The van der Waals surface area contributed by atoms with Crippen LogP contribution in [0.1, 0.15) is 27.0 Å². The van der Waals surface area contributed by atoms with E-state index >= 15 is 0 Å². The molecule has 3 N–H and O–H groups in total. The van der Waals surface area contributed by atoms with Crippen LogP contribution >= 0.6 is 0 Å². The minimum atomic E-state index is -4.60. The van der Waals surface area contributed by atoms with Crippen LogP contribution in [0.4, 0.5) is 17.6 Å². The Bertz CT molecular complexity index is 1580. The van der Waals surface area contributed by atoms with E-state index in [1.165, 1.54) is 18.2 Å². The maximum absolute atomic E-state index is 13.3. The Morgan fingerprint density at radius 1 is 0.786 bits per heavy atom. The first-order chi connectivity index (χ1) is 20.0. The predicted molar refractivity (Wildman–Crippen MR) is 148 cm³/mol. The van der Waals surface area contributed by atoms with Gasteiger partial charge in [-0.25, -0.2) is 9.18 Å². The summed E-state index contributed by atoms with van der Waals surface area (Å²) in [4.78, 5) is 38.1. The maximum Gasteiger partial charge on any atom is 0.416 e. The molecule has 2 amide bonds. The third-order valence-electron chi connectivity index (χ3n) is 6.25. The number of benzene rings is 4. The summed E-state index contributed by atoms with van der Waals surface area (Å²) in [7, 11) is 0. The Morgan fingerprint density at radius 2 is 1.38 bits per heavy atom. The fourth-order valence-corrected chi connectivity index (χ4v) is 4.02. The number of carbonyl (C=O) groups is 3. The maximum atomic E-state index is 13.3. The van der Waals surface area contributed by atoms with Crippen molar-refractivity contribution in [3.8, 4) is 11.1 Å². The Hall–Kier alpha value is -5.25. The molecule has 1 unspecified atom stereocenters. The first kappa shape index (κ1) is 29.7. The van der Waals surface area contributed by atoms with E-state index in [0.29, 0.717) is 11.1 Å². The minimum Gasteiger partial charge on any atom is -0.480 e. The van der Waals surface area contributed by atoms with Crippen LogP contribution in [0.5, 0.6) is 0 Å². The summed E-state index contributed by atoms with van der Waals surface area (Å²) in [6.07, 6.45) is -3.45. The summed E-state index contributed by atoms with van der Waals surface area (Å²) in [6, 6.07) is 23.5. The minimum absolute atomic E-state index is 0.151. The van der Waals surface area contributed by atoms with Gasteiger partial charge in [-0.1, -0.05) is 66.7 Å². The normalized spacial score (nSPS) is 12.3. The Kier molecular flexibility index (Phi) is 9.16. The van der Waals surface area contributed by atoms with Crippen molar-refractivity contribution in [2.24, 2.45) is 0 Å². The molecule has 0 saturated carbocycles. The highest BCUT2D eigenvalue weighted by molar-refractivity contribution is 6.06. The number of halogens is 4. The summed E-state index contributed by atoms with van der Waals surface area (Å²) < 4.78 is 52.1. The molecule has 0 heterocycles. The summed E-state index contributed by atoms with van der Waals surface area (Å²) in [6.45, 7) is 0. The number of hydrogen-bond acceptors (Lipinski definition) is 3. The lowest BCUT2D eigenvalue weighted by Crippen LogP contribution is -2.45. The Morgan fingerprint density at radius 3 is 1.95 bits per heavy atom. The first-order valence-electron chi connectivity index (χ1n) is 12.6. The van der Waals surface area contributed by atoms with Crippen molar-refractivity contribution in [1.29, 1.82) is 0 Å². The molecule has 10 heteroatoms. The van der Waals surface area contributed by atoms with Crippen molar-refractivity contribution in [3.63, 3.8) is 0 Å². The van der Waals surface area contributed by atoms with Crippen molar-refractivity contribution >= 4 is 23.9 Å². The zero-order valence-corrected chi connectivity index (χ0v) is 21.9. The Balaban J connectivity index is 1.61. The molecule has 0 fully saturated rings. The van der Waals surface area contributed by atoms with Crippen molar-refractivity contribution < 1.29 is 37.1 Å². The zero-order chi connectivity index (χ0) is 30.3. The number of carbonyl (C=O) groups excluding carboxylic acids is 2. The molecule has 0 aromatic heterocycles. The quantitative estimate of drug-likeness (QED) is 0.166. The van der Waals surface area contributed by atoms with E-state index < -0.39 is 41.4 Å². The van der Waals surface area contributed by atoms with Crippen LogP contribution in [0, 0.1) is 5.82 Å². The second-order valence-electron chi connectivity index (χ2n) is 9.27. The number of hydrogen-bond donors (Lipinski definition) is 3. The van der Waals surface area contributed by atoms with E-state index in [4.69, 9.17) is 0 Å². The van der Waals surface area contributed by atoms with Crippen molar-refractivity contribution in [2.75, 3.05) is 0 Å². The lowest BCUT2D eigenvalue weighted by molar-refractivity contribution is -0.141. The average molecular weight is 577 g/mol. The molecule has 6 nitrogen and oxygen atoms in total. The third-order valence-corrected chi connectivity index (χ3v) is 6.25. The molecule has 0 spiro atoms. The summed E-state index contributed by atoms with van der Waals surface area (Å²) in [5, 5.41) is 14.5. The van der Waals surface area contributed by atoms with Gasteiger partial charge in [0.1, 0.15) is 17.6 Å². The molecule has 1 atom stereocenters. The van der Waals surface area contributed by atoms with E-state index in [9.17, 15) is 37.1 Å². The number of alkyl halides is 3. The molecule has 4 aromatic rings. The predicted octanol–water partition coefficient (Wildman–Crippen LogP) is 6.09. The second kappa shape index (κ2) is 12.9. The van der Waals surface area contributed by atoms with Crippen molar-refractivity contribution in [3.05, 3.63) is 137 Å². The van der Waals surface area contributed by atoms with E-state index in [-0.39, 0.29) is 17.7 Å². The molecule has 0 radical (unpaired) electrons. The van der Waals surface area contributed by atoms with Crippen molar-refractivity contribution in [2.45, 2.75) is 18.6 Å². The van der Waals surface area contributed by atoms with Gasteiger partial charge >= 0.3 is 12.1 Å². The van der Waals surface area contributed by atoms with E-state index in [1.807, 2.05) is 30.3 Å². The summed E-state index contributed by atoms with van der Waals surface area (Å²) >= 11 is 0. The molecule has 0 aliphatic carbocycles. The highest BCUT2D eigenvalue weighted by atomic mass is 19.4. The number of nitrogens with one attached hydrogen (secondary N) is 2. The number of rotatable bonds is 9. The SMILES string of the molecule is O=C(NC(Cc1ccc(F)cc1)C(=O)O)C(=Cc1ccc(-c2ccccc2)cc1)NC(=O)c1ccc(C(F)(F)F)cc1. The second-order valence-corrected chi connectivity index (χ2v) is 9.27. The van der Waals surface area contributed by atoms with Gasteiger partial charge in [-0.15, -0.1) is 0 Å². The van der Waals surface area contributed by atoms with E-state index in [1.54, 1.807) is 24.3 Å². The molecule has 4 rings (SSSR count). The van der Waals surface area contributed by atoms with Gasteiger partial charge in [-0.05, 0) is 64.7 Å². The molecule has 42 heavy (non-hydrogen) atoms. The van der Waals surface area contributed by atoms with Crippen LogP contribution in [0.3, 0.4) is 0 Å². The fourth-order valence-electron chi connectivity index (χ4n) is 4.02. The van der Waals surface area contributed by atoms with Gasteiger partial charge in [0, 0.05) is 12.0 Å². The Labute approximate surface area is 238 Å². The topological polar surface area (TPSA) is 95.5 Å². The van der Waals surface area contributed by atoms with Crippen LogP contribution in [0.2, 0.25) is 0 Å². The molecule has 0 bridgehead atoms. The van der Waals surface area contributed by atoms with Gasteiger partial charge in [0.05, 0.1) is 5.56 Å². The zero-order valence-electron chi connectivity index (χ0n) is 21.9. The van der Waals surface area contributed by atoms with Crippen LogP contribution in [-0.2, 0) is 22.2 Å². The first-order valence-corrected chi connectivity index (χ1v) is 12.6.